The Morgan fingerprint density at radius 3 is 2.66 bits per heavy atom. The van der Waals surface area contributed by atoms with Gasteiger partial charge in [-0.2, -0.15) is 0 Å². The molecule has 0 bridgehead atoms. The number of carbonyl (C=O) groups excluding carboxylic acids is 2. The van der Waals surface area contributed by atoms with E-state index in [1.807, 2.05) is 30.3 Å². The number of likely N-dealkylation sites (tertiary alicyclic amines) is 1. The summed E-state index contributed by atoms with van der Waals surface area (Å²) in [6, 6.07) is 9.68. The van der Waals surface area contributed by atoms with Crippen LogP contribution in [0.4, 0.5) is 4.79 Å². The van der Waals surface area contributed by atoms with Crippen LogP contribution < -0.4 is 15.2 Å². The Labute approximate surface area is 173 Å². The van der Waals surface area contributed by atoms with Gasteiger partial charge in [0.2, 0.25) is 0 Å². The molecule has 1 aliphatic carbocycles. The highest BCUT2D eigenvalue weighted by atomic mass is 32.1. The summed E-state index contributed by atoms with van der Waals surface area (Å²) in [7, 11) is 0. The molecule has 0 saturated carbocycles. The van der Waals surface area contributed by atoms with Gasteiger partial charge in [-0.15, -0.1) is 11.3 Å². The summed E-state index contributed by atoms with van der Waals surface area (Å²) >= 11 is 1.46. The second-order valence-electron chi connectivity index (χ2n) is 7.43. The maximum absolute atomic E-state index is 12.4. The topological polar surface area (TPSA) is 71.5 Å². The minimum atomic E-state index is -0.266. The van der Waals surface area contributed by atoms with Crippen LogP contribution in [0.5, 0.6) is 0 Å². The third-order valence-corrected chi connectivity index (χ3v) is 6.40. The maximum Gasteiger partial charge on any atom is 0.410 e. The molecule has 0 spiro atoms. The van der Waals surface area contributed by atoms with Crippen molar-refractivity contribution < 1.29 is 14.3 Å². The van der Waals surface area contributed by atoms with Gasteiger partial charge in [-0.3, -0.25) is 4.79 Å². The molecule has 1 N–H and O–H groups in total. The third-order valence-electron chi connectivity index (χ3n) is 5.34. The molecule has 1 saturated heterocycles. The average Bonchev–Trinajstić information content (AvgIpc) is 3.21. The lowest BCUT2D eigenvalue weighted by Crippen LogP contribution is -2.41. The fourth-order valence-corrected chi connectivity index (χ4v) is 4.56. The normalized spacial score (nSPS) is 16.3. The summed E-state index contributed by atoms with van der Waals surface area (Å²) < 4.78 is 6.50. The van der Waals surface area contributed by atoms with Gasteiger partial charge in [0.1, 0.15) is 6.61 Å². The quantitative estimate of drug-likeness (QED) is 0.819. The molecule has 2 aromatic rings. The number of nitrogens with zero attached hydrogens (tertiary/aromatic N) is 2. The van der Waals surface area contributed by atoms with E-state index < -0.39 is 0 Å². The zero-order valence-corrected chi connectivity index (χ0v) is 17.1. The van der Waals surface area contributed by atoms with Crippen LogP contribution in [0.3, 0.4) is 0 Å². The molecule has 2 aliphatic rings. The summed E-state index contributed by atoms with van der Waals surface area (Å²) in [5.74, 6) is 0.265. The zero-order valence-electron chi connectivity index (χ0n) is 16.3. The maximum atomic E-state index is 12.4. The van der Waals surface area contributed by atoms with E-state index in [4.69, 9.17) is 4.74 Å². The van der Waals surface area contributed by atoms with Crippen LogP contribution in [0.15, 0.2) is 30.3 Å². The second-order valence-corrected chi connectivity index (χ2v) is 8.47. The molecule has 2 amide bonds. The molecule has 0 radical (unpaired) electrons. The number of hydrogen-bond donors (Lipinski definition) is 1. The van der Waals surface area contributed by atoms with Crippen LogP contribution in [0.2, 0.25) is 0 Å². The van der Waals surface area contributed by atoms with Gasteiger partial charge in [0.05, 0.1) is 9.88 Å². The van der Waals surface area contributed by atoms with Gasteiger partial charge < -0.3 is 15.0 Å². The predicted molar refractivity (Wildman–Crippen MR) is 113 cm³/mol. The van der Waals surface area contributed by atoms with Crippen molar-refractivity contribution in [2.45, 2.75) is 32.3 Å². The van der Waals surface area contributed by atoms with E-state index in [0.717, 1.165) is 41.1 Å². The summed E-state index contributed by atoms with van der Waals surface area (Å²) in [5, 5.41) is 4.49. The molecule has 1 fully saturated rings. The van der Waals surface area contributed by atoms with E-state index in [1.165, 1.54) is 11.3 Å². The molecule has 4 rings (SSSR count). The summed E-state index contributed by atoms with van der Waals surface area (Å²) in [6.07, 6.45) is 7.70. The SMILES string of the molecule is O=C(NCC1CCN(C(=O)OCc2ccccc2)CC1)c1nc2c(s1)=CCCC=2. The van der Waals surface area contributed by atoms with Crippen LogP contribution in [0.25, 0.3) is 12.2 Å². The summed E-state index contributed by atoms with van der Waals surface area (Å²) in [4.78, 5) is 30.9. The number of carbonyl (C=O) groups is 2. The molecule has 29 heavy (non-hydrogen) atoms. The highest BCUT2D eigenvalue weighted by molar-refractivity contribution is 7.11. The lowest BCUT2D eigenvalue weighted by molar-refractivity contribution is 0.0800. The van der Waals surface area contributed by atoms with E-state index in [0.29, 0.717) is 37.2 Å². The summed E-state index contributed by atoms with van der Waals surface area (Å²) in [5.41, 5.74) is 0.984. The highest BCUT2D eigenvalue weighted by Crippen LogP contribution is 2.18. The molecule has 1 aromatic carbocycles. The number of benzene rings is 1. The zero-order chi connectivity index (χ0) is 20.1. The molecule has 6 nitrogen and oxygen atoms in total. The van der Waals surface area contributed by atoms with E-state index in [1.54, 1.807) is 4.90 Å². The number of aromatic nitrogens is 1. The van der Waals surface area contributed by atoms with Gasteiger partial charge >= 0.3 is 6.09 Å². The van der Waals surface area contributed by atoms with E-state index in [9.17, 15) is 9.59 Å². The van der Waals surface area contributed by atoms with Crippen LogP contribution in [-0.2, 0) is 11.3 Å². The Bertz CT molecular complexity index is 945. The molecular formula is C22H25N3O3S. The average molecular weight is 412 g/mol. The number of fused-ring (bicyclic) bond motifs is 1. The van der Waals surface area contributed by atoms with Crippen molar-refractivity contribution in [1.82, 2.24) is 15.2 Å². The van der Waals surface area contributed by atoms with Crippen molar-refractivity contribution in [3.63, 3.8) is 0 Å². The number of amides is 2. The first kappa shape index (κ1) is 19.6. The second kappa shape index (κ2) is 9.22. The van der Waals surface area contributed by atoms with Crippen molar-refractivity contribution in [3.8, 4) is 0 Å². The fourth-order valence-electron chi connectivity index (χ4n) is 3.61. The lowest BCUT2D eigenvalue weighted by Gasteiger charge is -2.31. The smallest absolute Gasteiger partial charge is 0.410 e. The Morgan fingerprint density at radius 2 is 1.90 bits per heavy atom. The van der Waals surface area contributed by atoms with Gasteiger partial charge in [-0.25, -0.2) is 9.78 Å². The van der Waals surface area contributed by atoms with Gasteiger partial charge in [-0.1, -0.05) is 42.5 Å². The Kier molecular flexibility index (Phi) is 6.24. The first-order valence-electron chi connectivity index (χ1n) is 10.1. The molecule has 1 aliphatic heterocycles. The number of ether oxygens (including phenoxy) is 1. The van der Waals surface area contributed by atoms with Crippen molar-refractivity contribution in [2.24, 2.45) is 5.92 Å². The molecule has 0 atom stereocenters. The number of rotatable bonds is 5. The first-order chi connectivity index (χ1) is 14.2. The first-order valence-corrected chi connectivity index (χ1v) is 10.9. The van der Waals surface area contributed by atoms with E-state index >= 15 is 0 Å². The molecule has 152 valence electrons. The number of nitrogens with one attached hydrogen (secondary N) is 1. The van der Waals surface area contributed by atoms with Crippen LogP contribution in [-0.4, -0.2) is 41.5 Å². The van der Waals surface area contributed by atoms with E-state index in [2.05, 4.69) is 22.5 Å². The Morgan fingerprint density at radius 1 is 1.14 bits per heavy atom. The molecule has 7 heteroatoms. The standard InChI is InChI=1S/C22H25N3O3S/c26-20(21-24-18-8-4-5-9-19(18)29-21)23-14-16-10-12-25(13-11-16)22(27)28-15-17-6-2-1-3-7-17/h1-3,6-9,16H,4-5,10-15H2,(H,23,26). The van der Waals surface area contributed by atoms with E-state index in [-0.39, 0.29) is 12.0 Å². The van der Waals surface area contributed by atoms with Crippen molar-refractivity contribution in [2.75, 3.05) is 19.6 Å². The Balaban J connectivity index is 1.20. The number of thiazole rings is 1. The molecule has 0 unspecified atom stereocenters. The number of piperidine rings is 1. The monoisotopic (exact) mass is 411 g/mol. The van der Waals surface area contributed by atoms with Gasteiger partial charge in [0.25, 0.3) is 5.91 Å². The van der Waals surface area contributed by atoms with Gasteiger partial charge in [-0.05, 0) is 37.2 Å². The minimum absolute atomic E-state index is 0.101. The predicted octanol–water partition coefficient (Wildman–Crippen LogP) is 2.28. The highest BCUT2D eigenvalue weighted by Gasteiger charge is 2.24. The fraction of sp³-hybridized carbons (Fsp3) is 0.409. The Hall–Kier alpha value is -2.67. The van der Waals surface area contributed by atoms with Crippen LogP contribution >= 0.6 is 11.3 Å². The van der Waals surface area contributed by atoms with Gasteiger partial charge in [0.15, 0.2) is 5.01 Å². The van der Waals surface area contributed by atoms with Crippen molar-refractivity contribution in [3.05, 3.63) is 50.8 Å². The molecule has 2 heterocycles. The largest absolute Gasteiger partial charge is 0.445 e. The molecule has 1 aromatic heterocycles. The van der Waals surface area contributed by atoms with Crippen molar-refractivity contribution in [1.29, 1.82) is 0 Å². The third kappa shape index (κ3) is 5.03. The lowest BCUT2D eigenvalue weighted by atomic mass is 9.97. The number of hydrogen-bond acceptors (Lipinski definition) is 5. The summed E-state index contributed by atoms with van der Waals surface area (Å²) in [6.45, 7) is 2.22. The van der Waals surface area contributed by atoms with Gasteiger partial charge in [0, 0.05) is 19.6 Å². The van der Waals surface area contributed by atoms with Crippen LogP contribution in [0.1, 0.15) is 41.0 Å². The van der Waals surface area contributed by atoms with Crippen LogP contribution in [0, 0.1) is 5.92 Å². The van der Waals surface area contributed by atoms with Crippen molar-refractivity contribution >= 4 is 35.5 Å². The molecular weight excluding hydrogens is 386 g/mol. The minimum Gasteiger partial charge on any atom is -0.445 e.